The van der Waals surface area contributed by atoms with Crippen molar-refractivity contribution in [1.29, 1.82) is 0 Å². The van der Waals surface area contributed by atoms with Crippen molar-refractivity contribution in [2.45, 2.75) is 44.0 Å². The zero-order chi connectivity index (χ0) is 20.0. The van der Waals surface area contributed by atoms with Gasteiger partial charge in [0.2, 0.25) is 5.91 Å². The van der Waals surface area contributed by atoms with Gasteiger partial charge in [0.15, 0.2) is 4.87 Å². The minimum absolute atomic E-state index is 0.0353. The Morgan fingerprint density at radius 1 is 1.10 bits per heavy atom. The Balaban J connectivity index is 1.54. The van der Waals surface area contributed by atoms with E-state index in [2.05, 4.69) is 31.2 Å². The number of amides is 2. The molecule has 1 saturated carbocycles. The summed E-state index contributed by atoms with van der Waals surface area (Å²) in [5, 5.41) is 0. The Labute approximate surface area is 176 Å². The van der Waals surface area contributed by atoms with Crippen LogP contribution in [0.15, 0.2) is 48.5 Å². The molecule has 0 aromatic heterocycles. The van der Waals surface area contributed by atoms with Crippen LogP contribution in [0, 0.1) is 12.8 Å². The van der Waals surface area contributed by atoms with E-state index in [0.717, 1.165) is 48.3 Å². The summed E-state index contributed by atoms with van der Waals surface area (Å²) in [4.78, 5) is 30.2. The van der Waals surface area contributed by atoms with Gasteiger partial charge in [-0.2, -0.15) is 0 Å². The van der Waals surface area contributed by atoms with Crippen molar-refractivity contribution >= 4 is 29.3 Å². The maximum absolute atomic E-state index is 13.9. The molecular weight excluding hydrogens is 380 g/mol. The van der Waals surface area contributed by atoms with Gasteiger partial charge in [0, 0.05) is 23.8 Å². The average molecular weight is 407 g/mol. The fourth-order valence-corrected chi connectivity index (χ4v) is 6.48. The van der Waals surface area contributed by atoms with E-state index in [-0.39, 0.29) is 17.7 Å². The number of aryl methyl sites for hydroxylation is 1. The topological polar surface area (TPSA) is 40.6 Å². The van der Waals surface area contributed by atoms with Crippen LogP contribution in [0.5, 0.6) is 0 Å². The predicted octanol–water partition coefficient (Wildman–Crippen LogP) is 4.46. The molecule has 5 heteroatoms. The van der Waals surface area contributed by atoms with Crippen molar-refractivity contribution in [3.63, 3.8) is 0 Å². The molecule has 2 fully saturated rings. The standard InChI is InChI=1S/C24H26N2O2S/c1-17-10-12-18(13-11-17)16-25-21-9-5-4-8-20(21)24(23(25)28)26(14-15-29-24)22(27)19-6-2-3-7-19/h4-5,8-13,19H,2-3,6-7,14-16H2,1H3/t24-/m0/s1. The lowest BCUT2D eigenvalue weighted by Crippen LogP contribution is -2.51. The van der Waals surface area contributed by atoms with E-state index in [0.29, 0.717) is 13.1 Å². The molecule has 1 aliphatic carbocycles. The van der Waals surface area contributed by atoms with Gasteiger partial charge in [-0.25, -0.2) is 0 Å². The van der Waals surface area contributed by atoms with E-state index in [1.807, 2.05) is 34.1 Å². The molecular formula is C24H26N2O2S. The summed E-state index contributed by atoms with van der Waals surface area (Å²) < 4.78 is 0. The van der Waals surface area contributed by atoms with Gasteiger partial charge in [-0.1, -0.05) is 60.9 Å². The largest absolute Gasteiger partial charge is 0.315 e. The van der Waals surface area contributed by atoms with Crippen LogP contribution in [0.4, 0.5) is 5.69 Å². The van der Waals surface area contributed by atoms with Crippen molar-refractivity contribution in [2.75, 3.05) is 17.2 Å². The Hall–Kier alpha value is -2.27. The number of rotatable bonds is 3. The van der Waals surface area contributed by atoms with Crippen LogP contribution >= 0.6 is 11.8 Å². The molecule has 1 spiro atoms. The number of thioether (sulfide) groups is 1. The maximum atomic E-state index is 13.9. The molecule has 150 valence electrons. The van der Waals surface area contributed by atoms with Crippen LogP contribution in [-0.4, -0.2) is 29.0 Å². The summed E-state index contributed by atoms with van der Waals surface area (Å²) in [6.45, 7) is 3.25. The predicted molar refractivity (Wildman–Crippen MR) is 117 cm³/mol. The number of hydrogen-bond acceptors (Lipinski definition) is 3. The van der Waals surface area contributed by atoms with Crippen molar-refractivity contribution in [2.24, 2.45) is 5.92 Å². The summed E-state index contributed by atoms with van der Waals surface area (Å²) in [6, 6.07) is 16.4. The molecule has 1 atom stereocenters. The van der Waals surface area contributed by atoms with Gasteiger partial charge in [0.05, 0.1) is 12.2 Å². The third kappa shape index (κ3) is 2.90. The second kappa shape index (κ2) is 7.21. The normalized spacial score (nSPS) is 24.0. The SMILES string of the molecule is Cc1ccc(CN2C(=O)[C@@]3(SCCN3C(=O)C3CCCC3)c3ccccc32)cc1. The Kier molecular flexibility index (Phi) is 4.66. The molecule has 2 aromatic carbocycles. The van der Waals surface area contributed by atoms with Gasteiger partial charge in [0.1, 0.15) is 0 Å². The molecule has 2 heterocycles. The van der Waals surface area contributed by atoms with Gasteiger partial charge >= 0.3 is 0 Å². The van der Waals surface area contributed by atoms with Crippen LogP contribution in [0.2, 0.25) is 0 Å². The first-order valence-electron chi connectivity index (χ1n) is 10.5. The zero-order valence-corrected chi connectivity index (χ0v) is 17.6. The molecule has 29 heavy (non-hydrogen) atoms. The lowest BCUT2D eigenvalue weighted by Gasteiger charge is -2.34. The van der Waals surface area contributed by atoms with Crippen molar-refractivity contribution in [3.8, 4) is 0 Å². The van der Waals surface area contributed by atoms with Gasteiger partial charge in [-0.05, 0) is 31.4 Å². The molecule has 0 bridgehead atoms. The highest BCUT2D eigenvalue weighted by Crippen LogP contribution is 2.55. The Morgan fingerprint density at radius 3 is 2.59 bits per heavy atom. The molecule has 2 amide bonds. The van der Waals surface area contributed by atoms with Gasteiger partial charge < -0.3 is 9.80 Å². The average Bonchev–Trinajstić information content (AvgIpc) is 3.47. The lowest BCUT2D eigenvalue weighted by molar-refractivity contribution is -0.143. The molecule has 2 aliphatic heterocycles. The number of benzene rings is 2. The molecule has 5 rings (SSSR count). The summed E-state index contributed by atoms with van der Waals surface area (Å²) in [6.07, 6.45) is 4.15. The van der Waals surface area contributed by atoms with E-state index in [1.165, 1.54) is 5.56 Å². The highest BCUT2D eigenvalue weighted by atomic mass is 32.2. The summed E-state index contributed by atoms with van der Waals surface area (Å²) >= 11 is 1.63. The Bertz CT molecular complexity index is 952. The quantitative estimate of drug-likeness (QED) is 0.756. The first-order valence-corrected chi connectivity index (χ1v) is 11.5. The summed E-state index contributed by atoms with van der Waals surface area (Å²) in [5.41, 5.74) is 4.23. The highest BCUT2D eigenvalue weighted by molar-refractivity contribution is 8.01. The van der Waals surface area contributed by atoms with Gasteiger partial charge in [-0.3, -0.25) is 9.59 Å². The maximum Gasteiger partial charge on any atom is 0.268 e. The smallest absolute Gasteiger partial charge is 0.268 e. The minimum Gasteiger partial charge on any atom is -0.315 e. The number of hydrogen-bond donors (Lipinski definition) is 0. The fourth-order valence-electron chi connectivity index (χ4n) is 5.01. The number of anilines is 1. The lowest BCUT2D eigenvalue weighted by atomic mass is 10.0. The number of nitrogens with zero attached hydrogens (tertiary/aromatic N) is 2. The molecule has 2 aromatic rings. The first kappa shape index (κ1) is 18.7. The molecule has 4 nitrogen and oxygen atoms in total. The minimum atomic E-state index is -0.888. The van der Waals surface area contributed by atoms with Crippen molar-refractivity contribution in [3.05, 3.63) is 65.2 Å². The zero-order valence-electron chi connectivity index (χ0n) is 16.8. The monoisotopic (exact) mass is 406 g/mol. The number of fused-ring (bicyclic) bond motifs is 2. The highest BCUT2D eigenvalue weighted by Gasteiger charge is 2.59. The van der Waals surface area contributed by atoms with E-state index < -0.39 is 4.87 Å². The van der Waals surface area contributed by atoms with Crippen LogP contribution in [-0.2, 0) is 21.0 Å². The molecule has 0 radical (unpaired) electrons. The molecule has 0 unspecified atom stereocenters. The first-order chi connectivity index (χ1) is 14.1. The van der Waals surface area contributed by atoms with Crippen LogP contribution in [0.25, 0.3) is 0 Å². The van der Waals surface area contributed by atoms with Crippen LogP contribution < -0.4 is 4.90 Å². The summed E-state index contributed by atoms with van der Waals surface area (Å²) in [7, 11) is 0. The molecule has 3 aliphatic rings. The van der Waals surface area contributed by atoms with Crippen molar-refractivity contribution < 1.29 is 9.59 Å². The van der Waals surface area contributed by atoms with E-state index in [4.69, 9.17) is 0 Å². The van der Waals surface area contributed by atoms with E-state index >= 15 is 0 Å². The van der Waals surface area contributed by atoms with Gasteiger partial charge in [-0.15, -0.1) is 11.8 Å². The van der Waals surface area contributed by atoms with Crippen LogP contribution in [0.1, 0.15) is 42.4 Å². The van der Waals surface area contributed by atoms with Gasteiger partial charge in [0.25, 0.3) is 5.91 Å². The van der Waals surface area contributed by atoms with E-state index in [1.54, 1.807) is 11.8 Å². The summed E-state index contributed by atoms with van der Waals surface area (Å²) in [5.74, 6) is 1.09. The van der Waals surface area contributed by atoms with E-state index in [9.17, 15) is 9.59 Å². The number of para-hydroxylation sites is 1. The Morgan fingerprint density at radius 2 is 1.83 bits per heavy atom. The third-order valence-electron chi connectivity index (χ3n) is 6.53. The molecule has 1 saturated heterocycles. The fraction of sp³-hybridized carbons (Fsp3) is 0.417. The van der Waals surface area contributed by atoms with Crippen LogP contribution in [0.3, 0.4) is 0 Å². The van der Waals surface area contributed by atoms with Crippen molar-refractivity contribution in [1.82, 2.24) is 4.90 Å². The molecule has 0 N–H and O–H groups in total. The second-order valence-corrected chi connectivity index (χ2v) is 9.65. The third-order valence-corrected chi connectivity index (χ3v) is 7.95. The number of carbonyl (C=O) groups excluding carboxylic acids is 2. The second-order valence-electron chi connectivity index (χ2n) is 8.36. The number of carbonyl (C=O) groups is 2.